The first-order valence-corrected chi connectivity index (χ1v) is 5.63. The molecule has 0 aliphatic heterocycles. The Hall–Kier alpha value is -0.860. The molecule has 1 aromatic rings. The zero-order valence-corrected chi connectivity index (χ0v) is 9.78. The topological polar surface area (TPSA) is 12.5 Å². The first kappa shape index (κ1) is 12.2. The summed E-state index contributed by atoms with van der Waals surface area (Å²) in [6, 6.07) is 10.3. The van der Waals surface area contributed by atoms with Gasteiger partial charge >= 0.3 is 0 Å². The molecule has 84 valence electrons. The van der Waals surface area contributed by atoms with Crippen molar-refractivity contribution in [1.82, 2.24) is 4.90 Å². The number of nitrogens with zero attached hydrogens (tertiary/aromatic N) is 1. The maximum Gasteiger partial charge on any atom is 0.0716 e. The summed E-state index contributed by atoms with van der Waals surface area (Å²) in [6.45, 7) is 5.98. The third kappa shape index (κ3) is 5.55. The first-order chi connectivity index (χ1) is 7.33. The van der Waals surface area contributed by atoms with Crippen LogP contribution in [-0.2, 0) is 11.3 Å². The lowest BCUT2D eigenvalue weighted by Gasteiger charge is -2.13. The lowest BCUT2D eigenvalue weighted by molar-refractivity contribution is 0.111. The SMILES string of the molecule is CCN(C)CCCOCc1ccccc1. The maximum atomic E-state index is 5.59. The van der Waals surface area contributed by atoms with Gasteiger partial charge in [0.25, 0.3) is 0 Å². The third-order valence-electron chi connectivity index (χ3n) is 2.48. The van der Waals surface area contributed by atoms with E-state index < -0.39 is 0 Å². The predicted octanol–water partition coefficient (Wildman–Crippen LogP) is 2.55. The lowest BCUT2D eigenvalue weighted by atomic mass is 10.2. The summed E-state index contributed by atoms with van der Waals surface area (Å²) in [5.41, 5.74) is 1.25. The van der Waals surface area contributed by atoms with Gasteiger partial charge in [0.2, 0.25) is 0 Å². The molecule has 0 amide bonds. The monoisotopic (exact) mass is 207 g/mol. The third-order valence-corrected chi connectivity index (χ3v) is 2.48. The molecule has 0 aliphatic carbocycles. The van der Waals surface area contributed by atoms with Crippen LogP contribution in [0.25, 0.3) is 0 Å². The number of benzene rings is 1. The Balaban J connectivity index is 2.03. The van der Waals surface area contributed by atoms with Gasteiger partial charge in [-0.1, -0.05) is 37.3 Å². The quantitative estimate of drug-likeness (QED) is 0.637. The van der Waals surface area contributed by atoms with E-state index in [2.05, 4.69) is 31.0 Å². The maximum absolute atomic E-state index is 5.59. The number of ether oxygens (including phenoxy) is 1. The van der Waals surface area contributed by atoms with Crippen LogP contribution in [-0.4, -0.2) is 31.6 Å². The summed E-state index contributed by atoms with van der Waals surface area (Å²) in [6.07, 6.45) is 1.11. The minimum absolute atomic E-state index is 0.733. The van der Waals surface area contributed by atoms with Crippen LogP contribution in [0.1, 0.15) is 18.9 Å². The van der Waals surface area contributed by atoms with Crippen molar-refractivity contribution < 1.29 is 4.74 Å². The molecule has 0 radical (unpaired) electrons. The molecule has 0 bridgehead atoms. The summed E-state index contributed by atoms with van der Waals surface area (Å²) in [5.74, 6) is 0. The molecule has 1 rings (SSSR count). The predicted molar refractivity (Wildman–Crippen MR) is 63.9 cm³/mol. The average Bonchev–Trinajstić information content (AvgIpc) is 2.29. The number of rotatable bonds is 7. The molecule has 0 atom stereocenters. The largest absolute Gasteiger partial charge is 0.377 e. The van der Waals surface area contributed by atoms with E-state index in [9.17, 15) is 0 Å². The van der Waals surface area contributed by atoms with Gasteiger partial charge in [0.15, 0.2) is 0 Å². The van der Waals surface area contributed by atoms with E-state index in [1.165, 1.54) is 5.56 Å². The minimum Gasteiger partial charge on any atom is -0.377 e. The standard InChI is InChI=1S/C13H21NO/c1-3-14(2)10-7-11-15-12-13-8-5-4-6-9-13/h4-6,8-9H,3,7,10-12H2,1-2H3. The van der Waals surface area contributed by atoms with E-state index in [4.69, 9.17) is 4.74 Å². The van der Waals surface area contributed by atoms with Crippen molar-refractivity contribution in [3.63, 3.8) is 0 Å². The summed E-state index contributed by atoms with van der Waals surface area (Å²) in [5, 5.41) is 0. The van der Waals surface area contributed by atoms with Crippen LogP contribution in [0.15, 0.2) is 30.3 Å². The zero-order valence-electron chi connectivity index (χ0n) is 9.78. The Morgan fingerprint density at radius 2 is 1.93 bits per heavy atom. The van der Waals surface area contributed by atoms with Gasteiger partial charge in [0.05, 0.1) is 6.61 Å². The Bertz CT molecular complexity index is 248. The fourth-order valence-electron chi connectivity index (χ4n) is 1.36. The van der Waals surface area contributed by atoms with Crippen molar-refractivity contribution >= 4 is 0 Å². The Morgan fingerprint density at radius 1 is 1.20 bits per heavy atom. The van der Waals surface area contributed by atoms with Gasteiger partial charge in [0.1, 0.15) is 0 Å². The summed E-state index contributed by atoms with van der Waals surface area (Å²) >= 11 is 0. The Morgan fingerprint density at radius 3 is 2.60 bits per heavy atom. The second-order valence-electron chi connectivity index (χ2n) is 3.79. The molecule has 0 aromatic heterocycles. The normalized spacial score (nSPS) is 10.9. The summed E-state index contributed by atoms with van der Waals surface area (Å²) in [7, 11) is 2.14. The molecule has 1 aromatic carbocycles. The molecule has 15 heavy (non-hydrogen) atoms. The van der Waals surface area contributed by atoms with Crippen molar-refractivity contribution in [2.24, 2.45) is 0 Å². The average molecular weight is 207 g/mol. The Kier molecular flexibility index (Phi) is 6.05. The molecule has 2 heteroatoms. The van der Waals surface area contributed by atoms with E-state index >= 15 is 0 Å². The van der Waals surface area contributed by atoms with E-state index in [-0.39, 0.29) is 0 Å². The molecule has 2 nitrogen and oxygen atoms in total. The fraction of sp³-hybridized carbons (Fsp3) is 0.538. The lowest BCUT2D eigenvalue weighted by Crippen LogP contribution is -2.19. The summed E-state index contributed by atoms with van der Waals surface area (Å²) in [4.78, 5) is 2.30. The van der Waals surface area contributed by atoms with Crippen molar-refractivity contribution in [1.29, 1.82) is 0 Å². The van der Waals surface area contributed by atoms with Crippen LogP contribution in [0.3, 0.4) is 0 Å². The number of hydrogen-bond acceptors (Lipinski definition) is 2. The first-order valence-electron chi connectivity index (χ1n) is 5.63. The van der Waals surface area contributed by atoms with E-state index in [0.717, 1.165) is 32.7 Å². The molecule has 0 spiro atoms. The summed E-state index contributed by atoms with van der Waals surface area (Å²) < 4.78 is 5.59. The minimum atomic E-state index is 0.733. The van der Waals surface area contributed by atoms with Gasteiger partial charge in [-0.15, -0.1) is 0 Å². The van der Waals surface area contributed by atoms with E-state index in [1.807, 2.05) is 18.2 Å². The molecule has 0 heterocycles. The van der Waals surface area contributed by atoms with Crippen molar-refractivity contribution in [3.05, 3.63) is 35.9 Å². The van der Waals surface area contributed by atoms with Gasteiger partial charge < -0.3 is 9.64 Å². The molecule has 0 fully saturated rings. The van der Waals surface area contributed by atoms with Crippen molar-refractivity contribution in [2.75, 3.05) is 26.7 Å². The fourth-order valence-corrected chi connectivity index (χ4v) is 1.36. The highest BCUT2D eigenvalue weighted by atomic mass is 16.5. The van der Waals surface area contributed by atoms with Crippen LogP contribution < -0.4 is 0 Å². The van der Waals surface area contributed by atoms with Gasteiger partial charge in [0, 0.05) is 13.2 Å². The molecule has 0 N–H and O–H groups in total. The second-order valence-corrected chi connectivity index (χ2v) is 3.79. The molecule has 0 unspecified atom stereocenters. The van der Waals surface area contributed by atoms with Gasteiger partial charge in [-0.25, -0.2) is 0 Å². The van der Waals surface area contributed by atoms with Crippen LogP contribution >= 0.6 is 0 Å². The van der Waals surface area contributed by atoms with Crippen molar-refractivity contribution in [3.8, 4) is 0 Å². The van der Waals surface area contributed by atoms with Crippen LogP contribution in [0, 0.1) is 0 Å². The zero-order chi connectivity index (χ0) is 10.9. The molecule has 0 aliphatic rings. The van der Waals surface area contributed by atoms with Crippen LogP contribution in [0.5, 0.6) is 0 Å². The van der Waals surface area contributed by atoms with Crippen LogP contribution in [0.2, 0.25) is 0 Å². The van der Waals surface area contributed by atoms with E-state index in [1.54, 1.807) is 0 Å². The highest BCUT2D eigenvalue weighted by Gasteiger charge is 1.95. The molecule has 0 saturated carbocycles. The highest BCUT2D eigenvalue weighted by molar-refractivity contribution is 5.13. The molecular formula is C13H21NO. The van der Waals surface area contributed by atoms with Gasteiger partial charge in [-0.2, -0.15) is 0 Å². The Labute approximate surface area is 92.9 Å². The van der Waals surface area contributed by atoms with E-state index in [0.29, 0.717) is 0 Å². The van der Waals surface area contributed by atoms with Gasteiger partial charge in [-0.05, 0) is 25.6 Å². The van der Waals surface area contributed by atoms with Gasteiger partial charge in [-0.3, -0.25) is 0 Å². The molecule has 0 saturated heterocycles. The highest BCUT2D eigenvalue weighted by Crippen LogP contribution is 2.00. The molecular weight excluding hydrogens is 186 g/mol. The smallest absolute Gasteiger partial charge is 0.0716 e. The second kappa shape index (κ2) is 7.43. The number of hydrogen-bond donors (Lipinski definition) is 0. The van der Waals surface area contributed by atoms with Crippen LogP contribution in [0.4, 0.5) is 0 Å². The van der Waals surface area contributed by atoms with Crippen molar-refractivity contribution in [2.45, 2.75) is 20.0 Å².